The van der Waals surface area contributed by atoms with Gasteiger partial charge in [-0.25, -0.2) is 4.98 Å². The Balaban J connectivity index is 1.67. The normalized spacial score (nSPS) is 16.8. The molecule has 1 saturated heterocycles. The summed E-state index contributed by atoms with van der Waals surface area (Å²) in [6.45, 7) is 2.96. The molecule has 0 spiro atoms. The summed E-state index contributed by atoms with van der Waals surface area (Å²) in [5.74, 6) is 1.08. The van der Waals surface area contributed by atoms with Crippen molar-refractivity contribution in [2.24, 2.45) is 5.92 Å². The highest BCUT2D eigenvalue weighted by Crippen LogP contribution is 2.20. The second-order valence-corrected chi connectivity index (χ2v) is 5.91. The molecule has 1 aliphatic heterocycles. The van der Waals surface area contributed by atoms with Crippen molar-refractivity contribution in [3.8, 4) is 0 Å². The van der Waals surface area contributed by atoms with Crippen molar-refractivity contribution in [3.63, 3.8) is 0 Å². The first kappa shape index (κ1) is 14.5. The monoisotopic (exact) mass is 281 g/mol. The minimum atomic E-state index is 0.292. The predicted octanol–water partition coefficient (Wildman–Crippen LogP) is 1.92. The van der Waals surface area contributed by atoms with Gasteiger partial charge in [-0.2, -0.15) is 0 Å². The smallest absolute Gasteiger partial charge is 0.222 e. The number of nitrogens with one attached hydrogen (secondary N) is 1. The molecule has 0 aromatic carbocycles. The summed E-state index contributed by atoms with van der Waals surface area (Å²) in [4.78, 5) is 18.4. The highest BCUT2D eigenvalue weighted by molar-refractivity contribution is 7.07. The molecule has 0 aliphatic carbocycles. The SMILES string of the molecule is CNCCC1CCN(C(=O)CCc2cscn2)CC1. The number of aryl methyl sites for hydroxylation is 1. The molecule has 2 heterocycles. The molecule has 1 amide bonds. The van der Waals surface area contributed by atoms with Gasteiger partial charge in [0, 0.05) is 24.9 Å². The molecule has 0 unspecified atom stereocenters. The van der Waals surface area contributed by atoms with Gasteiger partial charge in [0.2, 0.25) is 5.91 Å². The molecule has 4 nitrogen and oxygen atoms in total. The lowest BCUT2D eigenvalue weighted by molar-refractivity contribution is -0.132. The number of carbonyl (C=O) groups is 1. The first-order valence-electron chi connectivity index (χ1n) is 7.09. The lowest BCUT2D eigenvalue weighted by atomic mass is 9.93. The fourth-order valence-corrected chi connectivity index (χ4v) is 3.17. The van der Waals surface area contributed by atoms with Gasteiger partial charge in [0.1, 0.15) is 0 Å². The van der Waals surface area contributed by atoms with E-state index in [1.807, 2.05) is 22.8 Å². The van der Waals surface area contributed by atoms with Gasteiger partial charge in [-0.1, -0.05) is 0 Å². The summed E-state index contributed by atoms with van der Waals surface area (Å²) in [7, 11) is 2.00. The van der Waals surface area contributed by atoms with Crippen molar-refractivity contribution < 1.29 is 4.79 Å². The summed E-state index contributed by atoms with van der Waals surface area (Å²) in [6, 6.07) is 0. The van der Waals surface area contributed by atoms with Gasteiger partial charge in [0.25, 0.3) is 0 Å². The highest BCUT2D eigenvalue weighted by atomic mass is 32.1. The van der Waals surface area contributed by atoms with E-state index >= 15 is 0 Å². The van der Waals surface area contributed by atoms with E-state index in [9.17, 15) is 4.79 Å². The van der Waals surface area contributed by atoms with Gasteiger partial charge >= 0.3 is 0 Å². The Bertz CT molecular complexity index is 372. The number of carbonyl (C=O) groups excluding carboxylic acids is 1. The van der Waals surface area contributed by atoms with Gasteiger partial charge in [0.05, 0.1) is 11.2 Å². The molecule has 19 heavy (non-hydrogen) atoms. The van der Waals surface area contributed by atoms with Crippen molar-refractivity contribution in [2.45, 2.75) is 32.1 Å². The van der Waals surface area contributed by atoms with Gasteiger partial charge in [-0.15, -0.1) is 11.3 Å². The third kappa shape index (κ3) is 4.58. The van der Waals surface area contributed by atoms with E-state index in [4.69, 9.17) is 0 Å². The van der Waals surface area contributed by atoms with Crippen molar-refractivity contribution >= 4 is 17.2 Å². The quantitative estimate of drug-likeness (QED) is 0.866. The van der Waals surface area contributed by atoms with Crippen LogP contribution in [0.4, 0.5) is 0 Å². The molecule has 5 heteroatoms. The number of nitrogens with zero attached hydrogens (tertiary/aromatic N) is 2. The Morgan fingerprint density at radius 3 is 2.95 bits per heavy atom. The number of amides is 1. The Kier molecular flexibility index (Phi) is 5.79. The van der Waals surface area contributed by atoms with Crippen LogP contribution in [-0.4, -0.2) is 42.5 Å². The minimum absolute atomic E-state index is 0.292. The summed E-state index contributed by atoms with van der Waals surface area (Å²) in [6.07, 6.45) is 4.93. The molecule has 0 bridgehead atoms. The third-order valence-corrected chi connectivity index (χ3v) is 4.48. The van der Waals surface area contributed by atoms with E-state index < -0.39 is 0 Å². The molecule has 1 aromatic rings. The second-order valence-electron chi connectivity index (χ2n) is 5.20. The Labute approximate surface area is 119 Å². The molecule has 0 saturated carbocycles. The van der Waals surface area contributed by atoms with E-state index in [1.54, 1.807) is 11.3 Å². The summed E-state index contributed by atoms with van der Waals surface area (Å²) in [5.41, 5.74) is 2.87. The number of hydrogen-bond acceptors (Lipinski definition) is 4. The van der Waals surface area contributed by atoms with Crippen LogP contribution in [0.2, 0.25) is 0 Å². The molecule has 106 valence electrons. The molecule has 1 aliphatic rings. The zero-order valence-electron chi connectivity index (χ0n) is 11.6. The number of piperidine rings is 1. The van der Waals surface area contributed by atoms with E-state index in [0.717, 1.165) is 50.5 Å². The zero-order valence-corrected chi connectivity index (χ0v) is 12.4. The largest absolute Gasteiger partial charge is 0.343 e. The fourth-order valence-electron chi connectivity index (χ4n) is 2.57. The molecule has 2 rings (SSSR count). The third-order valence-electron chi connectivity index (χ3n) is 3.85. The maximum absolute atomic E-state index is 12.1. The van der Waals surface area contributed by atoms with Crippen LogP contribution in [0.25, 0.3) is 0 Å². The Morgan fingerprint density at radius 2 is 2.32 bits per heavy atom. The predicted molar refractivity (Wildman–Crippen MR) is 78.3 cm³/mol. The molecule has 1 fully saturated rings. The summed E-state index contributed by atoms with van der Waals surface area (Å²) in [5, 5.41) is 5.22. The average Bonchev–Trinajstić information content (AvgIpc) is 2.96. The lowest BCUT2D eigenvalue weighted by Gasteiger charge is -2.32. The van der Waals surface area contributed by atoms with Crippen LogP contribution < -0.4 is 5.32 Å². The van der Waals surface area contributed by atoms with E-state index in [0.29, 0.717) is 12.3 Å². The number of thiazole rings is 1. The second kappa shape index (κ2) is 7.60. The van der Waals surface area contributed by atoms with Crippen molar-refractivity contribution in [2.75, 3.05) is 26.7 Å². The average molecular weight is 281 g/mol. The Hall–Kier alpha value is -0.940. The van der Waals surface area contributed by atoms with Crippen LogP contribution in [0.3, 0.4) is 0 Å². The van der Waals surface area contributed by atoms with Gasteiger partial charge in [-0.05, 0) is 45.2 Å². The van der Waals surface area contributed by atoms with Crippen LogP contribution in [0.5, 0.6) is 0 Å². The van der Waals surface area contributed by atoms with E-state index in [2.05, 4.69) is 10.3 Å². The zero-order chi connectivity index (χ0) is 13.5. The van der Waals surface area contributed by atoms with Crippen LogP contribution in [-0.2, 0) is 11.2 Å². The van der Waals surface area contributed by atoms with Gasteiger partial charge < -0.3 is 10.2 Å². The fraction of sp³-hybridized carbons (Fsp3) is 0.714. The molecule has 0 radical (unpaired) electrons. The van der Waals surface area contributed by atoms with Crippen LogP contribution in [0, 0.1) is 5.92 Å². The summed E-state index contributed by atoms with van der Waals surface area (Å²) < 4.78 is 0. The number of rotatable bonds is 6. The lowest BCUT2D eigenvalue weighted by Crippen LogP contribution is -2.39. The first-order valence-corrected chi connectivity index (χ1v) is 8.03. The highest BCUT2D eigenvalue weighted by Gasteiger charge is 2.22. The minimum Gasteiger partial charge on any atom is -0.343 e. The van der Waals surface area contributed by atoms with Gasteiger partial charge in [-0.3, -0.25) is 4.79 Å². The number of likely N-dealkylation sites (tertiary alicyclic amines) is 1. The number of hydrogen-bond donors (Lipinski definition) is 1. The maximum atomic E-state index is 12.1. The molecule has 1 N–H and O–H groups in total. The molecular formula is C14H23N3OS. The summed E-state index contributed by atoms with van der Waals surface area (Å²) >= 11 is 1.59. The van der Waals surface area contributed by atoms with Crippen LogP contribution in [0.1, 0.15) is 31.4 Å². The van der Waals surface area contributed by atoms with E-state index in [-0.39, 0.29) is 0 Å². The molecule has 1 aromatic heterocycles. The Morgan fingerprint density at radius 1 is 1.53 bits per heavy atom. The van der Waals surface area contributed by atoms with Crippen molar-refractivity contribution in [3.05, 3.63) is 16.6 Å². The number of aromatic nitrogens is 1. The van der Waals surface area contributed by atoms with Crippen molar-refractivity contribution in [1.29, 1.82) is 0 Å². The van der Waals surface area contributed by atoms with Crippen molar-refractivity contribution in [1.82, 2.24) is 15.2 Å². The standard InChI is InChI=1S/C14H23N3OS/c1-15-7-4-12-5-8-17(9-6-12)14(18)3-2-13-10-19-11-16-13/h10-12,15H,2-9H2,1H3. The first-order chi connectivity index (χ1) is 9.29. The molecule has 0 atom stereocenters. The van der Waals surface area contributed by atoms with Crippen LogP contribution >= 0.6 is 11.3 Å². The molecular weight excluding hydrogens is 258 g/mol. The van der Waals surface area contributed by atoms with E-state index in [1.165, 1.54) is 6.42 Å². The topological polar surface area (TPSA) is 45.2 Å². The maximum Gasteiger partial charge on any atom is 0.222 e. The van der Waals surface area contributed by atoms with Gasteiger partial charge in [0.15, 0.2) is 0 Å². The van der Waals surface area contributed by atoms with Crippen LogP contribution in [0.15, 0.2) is 10.9 Å².